The van der Waals surface area contributed by atoms with Gasteiger partial charge < -0.3 is 9.67 Å². The minimum absolute atomic E-state index is 0.292. The van der Waals surface area contributed by atoms with E-state index in [1.165, 1.54) is 35.6 Å². The predicted octanol–water partition coefficient (Wildman–Crippen LogP) is 4.30. The highest BCUT2D eigenvalue weighted by atomic mass is 32.2. The number of aromatic carboxylic acids is 1. The zero-order chi connectivity index (χ0) is 22.0. The second-order valence-corrected chi connectivity index (χ2v) is 9.63. The van der Waals surface area contributed by atoms with Crippen molar-refractivity contribution in [1.29, 1.82) is 0 Å². The summed E-state index contributed by atoms with van der Waals surface area (Å²) in [4.78, 5) is 12.5. The van der Waals surface area contributed by atoms with Gasteiger partial charge in [0, 0.05) is 11.1 Å². The van der Waals surface area contributed by atoms with E-state index in [9.17, 15) is 18.3 Å². The van der Waals surface area contributed by atoms with Crippen LogP contribution in [0.1, 0.15) is 27.7 Å². The minimum Gasteiger partial charge on any atom is -0.478 e. The Morgan fingerprint density at radius 1 is 1.03 bits per heavy atom. The van der Waals surface area contributed by atoms with Crippen LogP contribution in [0.3, 0.4) is 0 Å². The predicted molar refractivity (Wildman–Crippen MR) is 121 cm³/mol. The molecule has 0 bridgehead atoms. The lowest BCUT2D eigenvalue weighted by atomic mass is 10.0. The highest BCUT2D eigenvalue weighted by Gasteiger charge is 2.21. The van der Waals surface area contributed by atoms with Gasteiger partial charge in [0.25, 0.3) is 10.0 Å². The normalized spacial score (nSPS) is 12.4. The number of carboxylic acids is 1. The Morgan fingerprint density at radius 3 is 2.52 bits per heavy atom. The van der Waals surface area contributed by atoms with Crippen molar-refractivity contribution >= 4 is 38.1 Å². The molecule has 8 heteroatoms. The molecule has 0 atom stereocenters. The summed E-state index contributed by atoms with van der Waals surface area (Å²) in [6, 6.07) is 19.6. The molecule has 0 saturated heterocycles. The van der Waals surface area contributed by atoms with Gasteiger partial charge in [0.15, 0.2) is 0 Å². The number of fused-ring (bicyclic) bond motifs is 1. The Balaban J connectivity index is 1.84. The largest absolute Gasteiger partial charge is 0.478 e. The second kappa shape index (κ2) is 8.49. The van der Waals surface area contributed by atoms with Crippen LogP contribution in [-0.4, -0.2) is 24.1 Å². The molecular formula is C23H20N2O4S2. The van der Waals surface area contributed by atoms with E-state index >= 15 is 0 Å². The van der Waals surface area contributed by atoms with Gasteiger partial charge in [-0.2, -0.15) is 8.42 Å². The van der Waals surface area contributed by atoms with Crippen molar-refractivity contribution in [2.45, 2.75) is 24.8 Å². The number of aryl methyl sites for hydroxylation is 1. The number of rotatable bonds is 6. The first-order valence-corrected chi connectivity index (χ1v) is 11.9. The lowest BCUT2D eigenvalue weighted by Crippen LogP contribution is -2.18. The van der Waals surface area contributed by atoms with E-state index in [1.54, 1.807) is 0 Å². The Kier molecular flexibility index (Phi) is 5.75. The number of nitrogens with zero attached hydrogens (tertiary/aromatic N) is 2. The van der Waals surface area contributed by atoms with E-state index in [0.717, 1.165) is 27.6 Å². The van der Waals surface area contributed by atoms with Gasteiger partial charge in [-0.15, -0.1) is 15.7 Å². The molecule has 0 unspecified atom stereocenters. The molecule has 0 aliphatic heterocycles. The summed E-state index contributed by atoms with van der Waals surface area (Å²) in [5.74, 6) is -1.31. The van der Waals surface area contributed by atoms with Crippen molar-refractivity contribution in [3.05, 3.63) is 93.7 Å². The van der Waals surface area contributed by atoms with Crippen LogP contribution in [-0.2, 0) is 23.0 Å². The van der Waals surface area contributed by atoms with Crippen LogP contribution in [0.5, 0.6) is 0 Å². The van der Waals surface area contributed by atoms with Gasteiger partial charge in [-0.1, -0.05) is 61.5 Å². The van der Waals surface area contributed by atoms with Gasteiger partial charge in [-0.25, -0.2) is 4.79 Å². The van der Waals surface area contributed by atoms with Crippen molar-refractivity contribution in [1.82, 2.24) is 4.57 Å². The maximum absolute atomic E-state index is 13.0. The number of sulfonamides is 1. The van der Waals surface area contributed by atoms with Gasteiger partial charge in [0.2, 0.25) is 4.80 Å². The van der Waals surface area contributed by atoms with Crippen LogP contribution in [0.4, 0.5) is 0 Å². The molecule has 0 amide bonds. The third kappa shape index (κ3) is 4.30. The molecule has 0 spiro atoms. The maximum atomic E-state index is 13.0. The lowest BCUT2D eigenvalue weighted by molar-refractivity contribution is 0.0692. The molecule has 1 N–H and O–H groups in total. The van der Waals surface area contributed by atoms with Crippen LogP contribution < -0.4 is 4.80 Å². The van der Waals surface area contributed by atoms with Gasteiger partial charge in [0.05, 0.1) is 12.1 Å². The van der Waals surface area contributed by atoms with Crippen molar-refractivity contribution in [2.24, 2.45) is 4.40 Å². The topological polar surface area (TPSA) is 88.7 Å². The highest BCUT2D eigenvalue weighted by Crippen LogP contribution is 2.21. The number of carbonyl (C=O) groups is 1. The van der Waals surface area contributed by atoms with Crippen LogP contribution in [0.15, 0.2) is 82.2 Å². The fourth-order valence-corrected chi connectivity index (χ4v) is 5.74. The van der Waals surface area contributed by atoms with Gasteiger partial charge >= 0.3 is 5.97 Å². The Labute approximate surface area is 183 Å². The number of benzene rings is 3. The van der Waals surface area contributed by atoms with Crippen LogP contribution in [0.25, 0.3) is 10.8 Å². The van der Waals surface area contributed by atoms with Crippen molar-refractivity contribution in [3.63, 3.8) is 0 Å². The molecule has 6 nitrogen and oxygen atoms in total. The summed E-state index contributed by atoms with van der Waals surface area (Å²) in [5, 5.41) is 11.6. The Bertz CT molecular complexity index is 1440. The molecule has 0 aliphatic carbocycles. The highest BCUT2D eigenvalue weighted by molar-refractivity contribution is 7.90. The summed E-state index contributed by atoms with van der Waals surface area (Å²) in [5.41, 5.74) is 0.752. The van der Waals surface area contributed by atoms with Crippen molar-refractivity contribution in [3.8, 4) is 0 Å². The smallest absolute Gasteiger partial charge is 0.337 e. The summed E-state index contributed by atoms with van der Waals surface area (Å²) in [6.45, 7) is 2.44. The minimum atomic E-state index is -4.21. The fourth-order valence-electron chi connectivity index (χ4n) is 3.41. The molecular weight excluding hydrogens is 432 g/mol. The van der Waals surface area contributed by atoms with Crippen LogP contribution in [0, 0.1) is 0 Å². The SMILES string of the molecule is CCc1cn(Cc2cccc3ccccc23)c(=NS(=O)(=O)c2ccccc2C(=O)O)s1. The third-order valence-corrected chi connectivity index (χ3v) is 7.54. The second-order valence-electron chi connectivity index (χ2n) is 6.97. The number of carboxylic acid groups (broad SMARTS) is 1. The molecule has 4 aromatic rings. The Hall–Kier alpha value is -3.23. The van der Waals surface area contributed by atoms with E-state index < -0.39 is 16.0 Å². The van der Waals surface area contributed by atoms with Crippen LogP contribution >= 0.6 is 11.3 Å². The number of hydrogen-bond acceptors (Lipinski definition) is 4. The van der Waals surface area contributed by atoms with E-state index in [-0.39, 0.29) is 10.5 Å². The third-order valence-electron chi connectivity index (χ3n) is 4.93. The Morgan fingerprint density at radius 2 is 1.74 bits per heavy atom. The zero-order valence-electron chi connectivity index (χ0n) is 16.7. The quantitative estimate of drug-likeness (QED) is 0.472. The zero-order valence-corrected chi connectivity index (χ0v) is 18.4. The molecule has 158 valence electrons. The average molecular weight is 453 g/mol. The van der Waals surface area contributed by atoms with Gasteiger partial charge in [-0.05, 0) is 34.9 Å². The summed E-state index contributed by atoms with van der Waals surface area (Å²) in [7, 11) is -4.21. The molecule has 1 heterocycles. The molecule has 31 heavy (non-hydrogen) atoms. The monoisotopic (exact) mass is 452 g/mol. The summed E-state index contributed by atoms with van der Waals surface area (Å²) in [6.07, 6.45) is 2.64. The summed E-state index contributed by atoms with van der Waals surface area (Å²) >= 11 is 1.29. The first kappa shape index (κ1) is 21.0. The summed E-state index contributed by atoms with van der Waals surface area (Å²) < 4.78 is 31.9. The van der Waals surface area contributed by atoms with Crippen molar-refractivity contribution < 1.29 is 18.3 Å². The number of aromatic nitrogens is 1. The van der Waals surface area contributed by atoms with E-state index in [0.29, 0.717) is 11.3 Å². The van der Waals surface area contributed by atoms with E-state index in [1.807, 2.05) is 60.2 Å². The standard InChI is InChI=1S/C23H20N2O4S2/c1-2-18-15-25(14-17-10-7-9-16-8-3-4-11-19(16)17)23(30-18)24-31(28,29)21-13-6-5-12-20(21)22(26)27/h3-13,15H,2,14H2,1H3,(H,26,27). The average Bonchev–Trinajstić information content (AvgIpc) is 3.14. The van der Waals surface area contributed by atoms with E-state index in [4.69, 9.17) is 0 Å². The first-order valence-electron chi connectivity index (χ1n) is 9.68. The maximum Gasteiger partial charge on any atom is 0.337 e. The molecule has 4 rings (SSSR count). The van der Waals surface area contributed by atoms with Crippen LogP contribution in [0.2, 0.25) is 0 Å². The molecule has 0 aliphatic rings. The lowest BCUT2D eigenvalue weighted by Gasteiger charge is -2.08. The van der Waals surface area contributed by atoms with Crippen molar-refractivity contribution in [2.75, 3.05) is 0 Å². The molecule has 0 fully saturated rings. The van der Waals surface area contributed by atoms with Gasteiger partial charge in [0.1, 0.15) is 4.90 Å². The molecule has 1 aromatic heterocycles. The van der Waals surface area contributed by atoms with Gasteiger partial charge in [-0.3, -0.25) is 0 Å². The first-order chi connectivity index (χ1) is 14.9. The molecule has 3 aromatic carbocycles. The molecule has 0 saturated carbocycles. The number of hydrogen-bond donors (Lipinski definition) is 1. The van der Waals surface area contributed by atoms with E-state index in [2.05, 4.69) is 4.40 Å². The fraction of sp³-hybridized carbons (Fsp3) is 0.130. The number of thiazole rings is 1. The molecule has 0 radical (unpaired) electrons.